The smallest absolute Gasteiger partial charge is 0.245 e. The number of aryl methyl sites for hydroxylation is 1. The molecule has 0 aliphatic carbocycles. The van der Waals surface area contributed by atoms with Crippen LogP contribution in [-0.4, -0.2) is 14.3 Å². The third kappa shape index (κ3) is 2.45. The Balaban J connectivity index is 2.66. The highest BCUT2D eigenvalue weighted by molar-refractivity contribution is 6.21. The number of halogens is 4. The lowest BCUT2D eigenvalue weighted by atomic mass is 10.1. The molecule has 0 spiro atoms. The maximum Gasteiger partial charge on any atom is 0.355 e. The number of nitrogens with zero attached hydrogens (tertiary/aromatic N) is 3. The van der Waals surface area contributed by atoms with E-state index in [1.54, 1.807) is 0 Å². The Labute approximate surface area is 117 Å². The molecule has 0 amide bonds. The fourth-order valence-electron chi connectivity index (χ4n) is 1.74. The monoisotopic (exact) mass is 304 g/mol. The van der Waals surface area contributed by atoms with Gasteiger partial charge in [0.1, 0.15) is 17.3 Å². The molecule has 1 radical (unpaired) electrons. The summed E-state index contributed by atoms with van der Waals surface area (Å²) in [5, 5.41) is 2.98. The van der Waals surface area contributed by atoms with E-state index in [-0.39, 0.29) is 16.1 Å². The molecule has 2 rings (SSSR count). The summed E-state index contributed by atoms with van der Waals surface area (Å²) in [6.45, 7) is 1.74. The van der Waals surface area contributed by atoms with Crippen molar-refractivity contribution in [2.45, 2.75) is 18.9 Å². The minimum Gasteiger partial charge on any atom is -0.245 e. The standard InChI is InChI=1S/C12H10ClF3N3O/c1-6(13)8-3-4-9(14)10(5-8)19-12(20)18(11(15)16)7(2)17-19/h3-6,11H,1H2,2H3. The van der Waals surface area contributed by atoms with Crippen molar-refractivity contribution in [3.05, 3.63) is 52.8 Å². The van der Waals surface area contributed by atoms with Crippen molar-refractivity contribution in [2.75, 3.05) is 0 Å². The quantitative estimate of drug-likeness (QED) is 0.818. The largest absolute Gasteiger partial charge is 0.355 e. The average Bonchev–Trinajstić information content (AvgIpc) is 2.64. The van der Waals surface area contributed by atoms with Gasteiger partial charge in [-0.25, -0.2) is 13.8 Å². The molecule has 107 valence electrons. The molecule has 1 aromatic heterocycles. The van der Waals surface area contributed by atoms with Gasteiger partial charge in [-0.05, 0) is 31.5 Å². The second kappa shape index (κ2) is 5.32. The molecule has 1 aromatic carbocycles. The molecule has 0 saturated heterocycles. The van der Waals surface area contributed by atoms with Crippen LogP contribution in [0.25, 0.3) is 5.69 Å². The van der Waals surface area contributed by atoms with Gasteiger partial charge in [-0.3, -0.25) is 0 Å². The first-order chi connectivity index (χ1) is 9.32. The van der Waals surface area contributed by atoms with E-state index in [2.05, 4.69) is 12.0 Å². The van der Waals surface area contributed by atoms with Crippen LogP contribution in [0, 0.1) is 19.7 Å². The summed E-state index contributed by atoms with van der Waals surface area (Å²) in [6.07, 6.45) is 0. The van der Waals surface area contributed by atoms with Crippen LogP contribution in [0.15, 0.2) is 23.0 Å². The summed E-state index contributed by atoms with van der Waals surface area (Å²) in [6, 6.07) is 3.73. The topological polar surface area (TPSA) is 39.8 Å². The maximum atomic E-state index is 13.8. The summed E-state index contributed by atoms with van der Waals surface area (Å²) in [5.74, 6) is -0.987. The maximum absolute atomic E-state index is 13.8. The average molecular weight is 305 g/mol. The molecule has 20 heavy (non-hydrogen) atoms. The summed E-state index contributed by atoms with van der Waals surface area (Å²) < 4.78 is 40.0. The summed E-state index contributed by atoms with van der Waals surface area (Å²) in [7, 11) is 0. The molecule has 0 fully saturated rings. The Hall–Kier alpha value is -1.76. The number of rotatable bonds is 3. The van der Waals surface area contributed by atoms with Crippen molar-refractivity contribution in [3.8, 4) is 5.69 Å². The molecule has 0 bridgehead atoms. The first-order valence-corrected chi connectivity index (χ1v) is 6.00. The third-order valence-electron chi connectivity index (χ3n) is 2.74. The van der Waals surface area contributed by atoms with Gasteiger partial charge >= 0.3 is 12.2 Å². The Morgan fingerprint density at radius 2 is 2.05 bits per heavy atom. The molecule has 1 atom stereocenters. The zero-order valence-electron chi connectivity index (χ0n) is 10.4. The molecular weight excluding hydrogens is 295 g/mol. The Bertz CT molecular complexity index is 694. The highest BCUT2D eigenvalue weighted by Crippen LogP contribution is 2.23. The molecule has 0 saturated carbocycles. The lowest BCUT2D eigenvalue weighted by Gasteiger charge is -2.07. The predicted octanol–water partition coefficient (Wildman–Crippen LogP) is 2.99. The number of alkyl halides is 3. The van der Waals surface area contributed by atoms with Crippen molar-refractivity contribution in [3.63, 3.8) is 0 Å². The highest BCUT2D eigenvalue weighted by atomic mass is 35.5. The number of aromatic nitrogens is 3. The number of hydrogen-bond acceptors (Lipinski definition) is 2. The van der Waals surface area contributed by atoms with Crippen LogP contribution in [0.4, 0.5) is 13.2 Å². The molecule has 1 unspecified atom stereocenters. The van der Waals surface area contributed by atoms with Gasteiger partial charge in [-0.2, -0.15) is 13.5 Å². The Kier molecular flexibility index (Phi) is 3.89. The van der Waals surface area contributed by atoms with Gasteiger partial charge in [0, 0.05) is 0 Å². The Morgan fingerprint density at radius 3 is 2.55 bits per heavy atom. The van der Waals surface area contributed by atoms with E-state index in [1.165, 1.54) is 19.1 Å². The lowest BCUT2D eigenvalue weighted by Crippen LogP contribution is -2.25. The van der Waals surface area contributed by atoms with Crippen molar-refractivity contribution in [1.29, 1.82) is 0 Å². The summed E-state index contributed by atoms with van der Waals surface area (Å²) in [4.78, 5) is 11.8. The fraction of sp³-hybridized carbons (Fsp3) is 0.250. The summed E-state index contributed by atoms with van der Waals surface area (Å²) >= 11 is 5.78. The molecule has 0 aliphatic rings. The minimum atomic E-state index is -3.05. The first kappa shape index (κ1) is 14.6. The van der Waals surface area contributed by atoms with Crippen LogP contribution in [0.3, 0.4) is 0 Å². The molecule has 8 heteroatoms. The van der Waals surface area contributed by atoms with Crippen LogP contribution in [0.5, 0.6) is 0 Å². The van der Waals surface area contributed by atoms with E-state index in [0.29, 0.717) is 10.2 Å². The van der Waals surface area contributed by atoms with Gasteiger partial charge in [0.25, 0.3) is 0 Å². The second-order valence-electron chi connectivity index (χ2n) is 4.07. The molecule has 4 nitrogen and oxygen atoms in total. The third-order valence-corrected chi connectivity index (χ3v) is 2.99. The number of hydrogen-bond donors (Lipinski definition) is 0. The SMILES string of the molecule is [CH2]C(Cl)c1ccc(F)c(-n2nc(C)n(C(F)F)c2=O)c1. The van der Waals surface area contributed by atoms with Crippen molar-refractivity contribution in [2.24, 2.45) is 0 Å². The van der Waals surface area contributed by atoms with Gasteiger partial charge in [0.2, 0.25) is 0 Å². The summed E-state index contributed by atoms with van der Waals surface area (Å²) in [5.41, 5.74) is -0.924. The zero-order valence-corrected chi connectivity index (χ0v) is 11.1. The van der Waals surface area contributed by atoms with Crippen LogP contribution in [0.1, 0.15) is 23.3 Å². The van der Waals surface area contributed by atoms with Crippen LogP contribution < -0.4 is 5.69 Å². The van der Waals surface area contributed by atoms with Gasteiger partial charge in [0.05, 0.1) is 5.38 Å². The second-order valence-corrected chi connectivity index (χ2v) is 4.59. The van der Waals surface area contributed by atoms with E-state index in [0.717, 1.165) is 6.07 Å². The van der Waals surface area contributed by atoms with E-state index in [4.69, 9.17) is 11.6 Å². The van der Waals surface area contributed by atoms with Crippen LogP contribution >= 0.6 is 11.6 Å². The van der Waals surface area contributed by atoms with E-state index >= 15 is 0 Å². The molecule has 1 heterocycles. The minimum absolute atomic E-state index is 0.175. The van der Waals surface area contributed by atoms with E-state index < -0.39 is 23.4 Å². The van der Waals surface area contributed by atoms with Gasteiger partial charge in [0.15, 0.2) is 0 Å². The van der Waals surface area contributed by atoms with Crippen molar-refractivity contribution >= 4 is 11.6 Å². The molecule has 2 aromatic rings. The van der Waals surface area contributed by atoms with Crippen molar-refractivity contribution < 1.29 is 13.2 Å². The first-order valence-electron chi connectivity index (χ1n) is 5.56. The zero-order chi connectivity index (χ0) is 15.0. The fourth-order valence-corrected chi connectivity index (χ4v) is 1.88. The number of benzene rings is 1. The molecular formula is C12H10ClF3N3O. The van der Waals surface area contributed by atoms with Crippen LogP contribution in [-0.2, 0) is 0 Å². The molecule has 0 aliphatic heterocycles. The van der Waals surface area contributed by atoms with E-state index in [9.17, 15) is 18.0 Å². The van der Waals surface area contributed by atoms with Crippen molar-refractivity contribution in [1.82, 2.24) is 14.3 Å². The molecule has 0 N–H and O–H groups in total. The normalized spacial score (nSPS) is 12.9. The van der Waals surface area contributed by atoms with Gasteiger partial charge in [-0.1, -0.05) is 6.07 Å². The highest BCUT2D eigenvalue weighted by Gasteiger charge is 2.20. The predicted molar refractivity (Wildman–Crippen MR) is 67.7 cm³/mol. The van der Waals surface area contributed by atoms with Gasteiger partial charge < -0.3 is 0 Å². The van der Waals surface area contributed by atoms with Crippen LogP contribution in [0.2, 0.25) is 0 Å². The van der Waals surface area contributed by atoms with Gasteiger partial charge in [-0.15, -0.1) is 16.7 Å². The Morgan fingerprint density at radius 1 is 1.40 bits per heavy atom. The van der Waals surface area contributed by atoms with E-state index in [1.807, 2.05) is 0 Å². The lowest BCUT2D eigenvalue weighted by molar-refractivity contribution is 0.0640.